The zero-order chi connectivity index (χ0) is 8.74. The summed E-state index contributed by atoms with van der Waals surface area (Å²) >= 11 is 0. The van der Waals surface area contributed by atoms with Crippen molar-refractivity contribution in [3.05, 3.63) is 0 Å². The van der Waals surface area contributed by atoms with Crippen LogP contribution in [-0.4, -0.2) is 19.0 Å². The predicted octanol–water partition coefficient (Wildman–Crippen LogP) is 2.17. The summed E-state index contributed by atoms with van der Waals surface area (Å²) in [5.41, 5.74) is -0.504. The lowest BCUT2D eigenvalue weighted by Crippen LogP contribution is -2.32. The fraction of sp³-hybridized carbons (Fsp3) is 0.889. The van der Waals surface area contributed by atoms with Gasteiger partial charge in [0.1, 0.15) is 5.60 Å². The number of rotatable bonds is 6. The number of carbonyl (C=O) groups is 1. The third-order valence-corrected chi connectivity index (χ3v) is 2.17. The topological polar surface area (TPSA) is 26.3 Å². The Morgan fingerprint density at radius 1 is 1.45 bits per heavy atom. The van der Waals surface area contributed by atoms with E-state index in [1.54, 1.807) is 7.11 Å². The smallest absolute Gasteiger partial charge is 0.151 e. The van der Waals surface area contributed by atoms with Crippen molar-refractivity contribution in [3.63, 3.8) is 0 Å². The van der Waals surface area contributed by atoms with Gasteiger partial charge in [-0.1, -0.05) is 26.7 Å². The van der Waals surface area contributed by atoms with E-state index in [0.717, 1.165) is 32.0 Å². The third-order valence-electron chi connectivity index (χ3n) is 2.17. The summed E-state index contributed by atoms with van der Waals surface area (Å²) < 4.78 is 5.17. The molecule has 11 heavy (non-hydrogen) atoms. The van der Waals surface area contributed by atoms with Crippen LogP contribution in [0.3, 0.4) is 0 Å². The highest BCUT2D eigenvalue weighted by Crippen LogP contribution is 2.19. The molecule has 0 aromatic carbocycles. The van der Waals surface area contributed by atoms with Crippen LogP contribution in [0.4, 0.5) is 0 Å². The number of unbranched alkanes of at least 4 members (excludes halogenated alkanes) is 1. The molecule has 0 aliphatic rings. The molecule has 0 radical (unpaired) electrons. The van der Waals surface area contributed by atoms with E-state index in [9.17, 15) is 4.79 Å². The first kappa shape index (κ1) is 10.6. The quantitative estimate of drug-likeness (QED) is 0.554. The van der Waals surface area contributed by atoms with Crippen molar-refractivity contribution >= 4 is 6.29 Å². The molecule has 0 aliphatic carbocycles. The van der Waals surface area contributed by atoms with Crippen molar-refractivity contribution in [1.82, 2.24) is 0 Å². The van der Waals surface area contributed by atoms with Crippen molar-refractivity contribution in [2.24, 2.45) is 0 Å². The Bertz CT molecular complexity index is 106. The lowest BCUT2D eigenvalue weighted by molar-refractivity contribution is -0.129. The SMILES string of the molecule is CCCCC(C=O)(CC)OC. The second-order valence-corrected chi connectivity index (χ2v) is 2.84. The van der Waals surface area contributed by atoms with Gasteiger partial charge in [-0.15, -0.1) is 0 Å². The third kappa shape index (κ3) is 3.02. The minimum absolute atomic E-state index is 0.504. The van der Waals surface area contributed by atoms with E-state index < -0.39 is 5.60 Å². The van der Waals surface area contributed by atoms with E-state index in [-0.39, 0.29) is 0 Å². The molecule has 0 aromatic heterocycles. The molecule has 0 saturated carbocycles. The van der Waals surface area contributed by atoms with E-state index in [1.807, 2.05) is 6.92 Å². The molecule has 66 valence electrons. The average Bonchev–Trinajstić information content (AvgIpc) is 2.08. The highest BCUT2D eigenvalue weighted by atomic mass is 16.5. The van der Waals surface area contributed by atoms with E-state index in [0.29, 0.717) is 0 Å². The highest BCUT2D eigenvalue weighted by molar-refractivity contribution is 5.62. The van der Waals surface area contributed by atoms with Crippen molar-refractivity contribution < 1.29 is 9.53 Å². The maximum atomic E-state index is 10.7. The van der Waals surface area contributed by atoms with Crippen LogP contribution in [0, 0.1) is 0 Å². The number of hydrogen-bond acceptors (Lipinski definition) is 2. The summed E-state index contributed by atoms with van der Waals surface area (Å²) in [6.07, 6.45) is 4.72. The van der Waals surface area contributed by atoms with Crippen LogP contribution in [0.15, 0.2) is 0 Å². The Balaban J connectivity index is 3.94. The molecule has 0 saturated heterocycles. The van der Waals surface area contributed by atoms with Gasteiger partial charge in [-0.25, -0.2) is 0 Å². The Hall–Kier alpha value is -0.370. The van der Waals surface area contributed by atoms with Gasteiger partial charge in [0, 0.05) is 7.11 Å². The van der Waals surface area contributed by atoms with Crippen LogP contribution in [0.1, 0.15) is 39.5 Å². The second kappa shape index (κ2) is 5.30. The molecular weight excluding hydrogens is 140 g/mol. The fourth-order valence-corrected chi connectivity index (χ4v) is 1.09. The number of carbonyl (C=O) groups excluding carboxylic acids is 1. The maximum Gasteiger partial charge on any atom is 0.151 e. The summed E-state index contributed by atoms with van der Waals surface area (Å²) in [6, 6.07) is 0. The molecule has 0 bridgehead atoms. The first-order valence-electron chi connectivity index (χ1n) is 4.26. The molecule has 1 atom stereocenters. The van der Waals surface area contributed by atoms with Gasteiger partial charge < -0.3 is 9.53 Å². The zero-order valence-corrected chi connectivity index (χ0v) is 7.72. The van der Waals surface area contributed by atoms with Crippen molar-refractivity contribution in [2.45, 2.75) is 45.1 Å². The molecule has 0 amide bonds. The van der Waals surface area contributed by atoms with Crippen LogP contribution < -0.4 is 0 Å². The number of methoxy groups -OCH3 is 1. The highest BCUT2D eigenvalue weighted by Gasteiger charge is 2.25. The Morgan fingerprint density at radius 2 is 2.09 bits per heavy atom. The Kier molecular flexibility index (Phi) is 5.12. The fourth-order valence-electron chi connectivity index (χ4n) is 1.09. The average molecular weight is 158 g/mol. The van der Waals surface area contributed by atoms with E-state index >= 15 is 0 Å². The normalized spacial score (nSPS) is 15.9. The lowest BCUT2D eigenvalue weighted by atomic mass is 9.95. The van der Waals surface area contributed by atoms with Crippen molar-refractivity contribution in [1.29, 1.82) is 0 Å². The largest absolute Gasteiger partial charge is 0.371 e. The monoisotopic (exact) mass is 158 g/mol. The van der Waals surface area contributed by atoms with Crippen LogP contribution in [-0.2, 0) is 9.53 Å². The van der Waals surface area contributed by atoms with Gasteiger partial charge in [-0.05, 0) is 12.8 Å². The number of ether oxygens (including phenoxy) is 1. The summed E-state index contributed by atoms with van der Waals surface area (Å²) in [7, 11) is 1.60. The summed E-state index contributed by atoms with van der Waals surface area (Å²) in [4.78, 5) is 10.7. The second-order valence-electron chi connectivity index (χ2n) is 2.84. The standard InChI is InChI=1S/C9H18O2/c1-4-6-7-9(5-2,8-10)11-3/h8H,4-7H2,1-3H3. The Morgan fingerprint density at radius 3 is 2.36 bits per heavy atom. The van der Waals surface area contributed by atoms with E-state index in [1.165, 1.54) is 0 Å². The molecule has 0 spiro atoms. The Labute approximate surface area is 68.9 Å². The first-order chi connectivity index (χ1) is 5.24. The summed E-state index contributed by atoms with van der Waals surface area (Å²) in [6.45, 7) is 4.09. The molecule has 0 aliphatic heterocycles. The van der Waals surface area contributed by atoms with Crippen LogP contribution in [0.5, 0.6) is 0 Å². The minimum Gasteiger partial charge on any atom is -0.371 e. The van der Waals surface area contributed by atoms with Crippen LogP contribution in [0.25, 0.3) is 0 Å². The molecule has 0 N–H and O–H groups in total. The van der Waals surface area contributed by atoms with Crippen molar-refractivity contribution in [3.8, 4) is 0 Å². The van der Waals surface area contributed by atoms with Gasteiger partial charge >= 0.3 is 0 Å². The molecule has 2 heteroatoms. The van der Waals surface area contributed by atoms with Gasteiger partial charge in [0.2, 0.25) is 0 Å². The van der Waals surface area contributed by atoms with Crippen LogP contribution in [0.2, 0.25) is 0 Å². The number of hydrogen-bond donors (Lipinski definition) is 0. The molecular formula is C9H18O2. The minimum atomic E-state index is -0.504. The van der Waals surface area contributed by atoms with Gasteiger partial charge in [0.05, 0.1) is 0 Å². The molecule has 0 fully saturated rings. The maximum absolute atomic E-state index is 10.7. The molecule has 2 nitrogen and oxygen atoms in total. The first-order valence-corrected chi connectivity index (χ1v) is 4.26. The predicted molar refractivity (Wildman–Crippen MR) is 45.6 cm³/mol. The van der Waals surface area contributed by atoms with E-state index in [2.05, 4.69) is 6.92 Å². The van der Waals surface area contributed by atoms with Crippen LogP contribution >= 0.6 is 0 Å². The van der Waals surface area contributed by atoms with Crippen molar-refractivity contribution in [2.75, 3.05) is 7.11 Å². The van der Waals surface area contributed by atoms with Gasteiger partial charge in [-0.3, -0.25) is 0 Å². The van der Waals surface area contributed by atoms with E-state index in [4.69, 9.17) is 4.74 Å². The molecule has 0 aromatic rings. The molecule has 0 rings (SSSR count). The summed E-state index contributed by atoms with van der Waals surface area (Å²) in [5.74, 6) is 0. The van der Waals surface area contributed by atoms with Gasteiger partial charge in [-0.2, -0.15) is 0 Å². The van der Waals surface area contributed by atoms with Gasteiger partial charge in [0.15, 0.2) is 6.29 Å². The lowest BCUT2D eigenvalue weighted by Gasteiger charge is -2.24. The number of aldehydes is 1. The molecule has 1 unspecified atom stereocenters. The summed E-state index contributed by atoms with van der Waals surface area (Å²) in [5, 5.41) is 0. The van der Waals surface area contributed by atoms with Gasteiger partial charge in [0.25, 0.3) is 0 Å². The molecule has 0 heterocycles. The zero-order valence-electron chi connectivity index (χ0n) is 7.72.